The molecular formula is C34H20N2O. The van der Waals surface area contributed by atoms with E-state index in [2.05, 4.69) is 102 Å². The molecule has 0 spiro atoms. The van der Waals surface area contributed by atoms with Crippen LogP contribution in [0.1, 0.15) is 0 Å². The minimum absolute atomic E-state index is 0.913. The molecule has 0 N–H and O–H groups in total. The lowest BCUT2D eigenvalue weighted by Crippen LogP contribution is -1.89. The molecule has 8 aromatic rings. The monoisotopic (exact) mass is 472 g/mol. The van der Waals surface area contributed by atoms with E-state index < -0.39 is 0 Å². The maximum Gasteiger partial charge on any atom is 0.143 e. The summed E-state index contributed by atoms with van der Waals surface area (Å²) in [4.78, 5) is 9.43. The molecule has 0 aliphatic heterocycles. The van der Waals surface area contributed by atoms with Crippen molar-refractivity contribution in [3.05, 3.63) is 122 Å². The van der Waals surface area contributed by atoms with E-state index in [0.29, 0.717) is 0 Å². The highest BCUT2D eigenvalue weighted by Crippen LogP contribution is 2.38. The van der Waals surface area contributed by atoms with E-state index in [4.69, 9.17) is 9.40 Å². The van der Waals surface area contributed by atoms with Crippen molar-refractivity contribution >= 4 is 54.5 Å². The molecule has 2 heterocycles. The normalized spacial score (nSPS) is 11.8. The summed E-state index contributed by atoms with van der Waals surface area (Å²) in [7, 11) is 0. The summed E-state index contributed by atoms with van der Waals surface area (Å²) < 4.78 is 6.32. The standard InChI is InChI=1S/C34H20N2O/c1-2-11-28-25(9-1)26-16-15-22(20-30(26)33-32(28)35-17-18-36-33)21-7-5-8-23(19-21)24-12-6-13-29-27-10-3-4-14-31(27)37-34(24)29/h1-20H. The Morgan fingerprint density at radius 1 is 0.432 bits per heavy atom. The number of furan rings is 1. The number of hydrogen-bond donors (Lipinski definition) is 0. The van der Waals surface area contributed by atoms with Crippen LogP contribution in [-0.4, -0.2) is 9.97 Å². The molecule has 0 aliphatic rings. The Bertz CT molecular complexity index is 2120. The number of hydrogen-bond acceptors (Lipinski definition) is 3. The minimum atomic E-state index is 0.913. The summed E-state index contributed by atoms with van der Waals surface area (Å²) in [6, 6.07) is 38.4. The topological polar surface area (TPSA) is 38.9 Å². The van der Waals surface area contributed by atoms with E-state index in [1.807, 2.05) is 12.1 Å². The highest BCUT2D eigenvalue weighted by Gasteiger charge is 2.14. The maximum absolute atomic E-state index is 6.32. The second-order valence-electron chi connectivity index (χ2n) is 9.42. The third-order valence-corrected chi connectivity index (χ3v) is 7.36. The number of para-hydroxylation sites is 2. The summed E-state index contributed by atoms with van der Waals surface area (Å²) in [6.45, 7) is 0. The molecule has 0 atom stereocenters. The molecule has 2 aromatic heterocycles. The van der Waals surface area contributed by atoms with Crippen molar-refractivity contribution < 1.29 is 4.42 Å². The predicted octanol–water partition coefficient (Wildman–Crippen LogP) is 9.17. The SMILES string of the molecule is c1cc(-c2ccc3c4ccccc4c4nccnc4c3c2)cc(-c2cccc3c2oc2ccccc23)c1. The van der Waals surface area contributed by atoms with Crippen LogP contribution in [0.3, 0.4) is 0 Å². The lowest BCUT2D eigenvalue weighted by atomic mass is 9.94. The van der Waals surface area contributed by atoms with Gasteiger partial charge < -0.3 is 4.42 Å². The average molecular weight is 473 g/mol. The van der Waals surface area contributed by atoms with Crippen LogP contribution < -0.4 is 0 Å². The van der Waals surface area contributed by atoms with Gasteiger partial charge >= 0.3 is 0 Å². The lowest BCUT2D eigenvalue weighted by molar-refractivity contribution is 0.670. The minimum Gasteiger partial charge on any atom is -0.455 e. The molecule has 0 bridgehead atoms. The summed E-state index contributed by atoms with van der Waals surface area (Å²) in [6.07, 6.45) is 3.55. The Balaban J connectivity index is 1.34. The average Bonchev–Trinajstić information content (AvgIpc) is 3.36. The molecule has 3 heteroatoms. The van der Waals surface area contributed by atoms with Crippen LogP contribution >= 0.6 is 0 Å². The van der Waals surface area contributed by atoms with Gasteiger partial charge in [-0.15, -0.1) is 0 Å². The van der Waals surface area contributed by atoms with E-state index in [1.54, 1.807) is 12.4 Å². The van der Waals surface area contributed by atoms with Gasteiger partial charge in [0.05, 0.1) is 11.0 Å². The first kappa shape index (κ1) is 20.2. The summed E-state index contributed by atoms with van der Waals surface area (Å²) in [5.41, 5.74) is 8.23. The van der Waals surface area contributed by atoms with Gasteiger partial charge in [0, 0.05) is 39.5 Å². The van der Waals surface area contributed by atoms with E-state index in [-0.39, 0.29) is 0 Å². The van der Waals surface area contributed by atoms with E-state index in [1.165, 1.54) is 10.8 Å². The van der Waals surface area contributed by atoms with Crippen LogP contribution in [0, 0.1) is 0 Å². The van der Waals surface area contributed by atoms with Crippen LogP contribution in [-0.2, 0) is 0 Å². The summed E-state index contributed by atoms with van der Waals surface area (Å²) >= 11 is 0. The quantitative estimate of drug-likeness (QED) is 0.235. The Labute approximate surface area is 212 Å². The van der Waals surface area contributed by atoms with Gasteiger partial charge in [-0.2, -0.15) is 0 Å². The third-order valence-electron chi connectivity index (χ3n) is 7.36. The van der Waals surface area contributed by atoms with Crippen LogP contribution in [0.4, 0.5) is 0 Å². The van der Waals surface area contributed by atoms with Crippen LogP contribution in [0.15, 0.2) is 126 Å². The first-order valence-electron chi connectivity index (χ1n) is 12.4. The Hall–Kier alpha value is -5.02. The van der Waals surface area contributed by atoms with Crippen molar-refractivity contribution in [2.75, 3.05) is 0 Å². The van der Waals surface area contributed by atoms with Gasteiger partial charge in [0.1, 0.15) is 11.2 Å². The molecule has 0 amide bonds. The fraction of sp³-hybridized carbons (Fsp3) is 0. The van der Waals surface area contributed by atoms with Crippen LogP contribution in [0.5, 0.6) is 0 Å². The molecule has 3 nitrogen and oxygen atoms in total. The van der Waals surface area contributed by atoms with Gasteiger partial charge in [0.15, 0.2) is 0 Å². The molecule has 0 unspecified atom stereocenters. The fourth-order valence-corrected chi connectivity index (χ4v) is 5.65. The maximum atomic E-state index is 6.32. The number of aromatic nitrogens is 2. The van der Waals surface area contributed by atoms with Gasteiger partial charge in [0.2, 0.25) is 0 Å². The number of rotatable bonds is 2. The molecule has 172 valence electrons. The van der Waals surface area contributed by atoms with E-state index in [9.17, 15) is 0 Å². The van der Waals surface area contributed by atoms with Crippen molar-refractivity contribution in [3.8, 4) is 22.3 Å². The fourth-order valence-electron chi connectivity index (χ4n) is 5.65. The zero-order valence-electron chi connectivity index (χ0n) is 19.8. The number of fused-ring (bicyclic) bond motifs is 9. The Kier molecular flexibility index (Phi) is 4.23. The largest absolute Gasteiger partial charge is 0.455 e. The second-order valence-corrected chi connectivity index (χ2v) is 9.42. The van der Waals surface area contributed by atoms with Crippen LogP contribution in [0.25, 0.3) is 76.8 Å². The molecule has 0 aliphatic carbocycles. The Morgan fingerprint density at radius 3 is 1.97 bits per heavy atom. The van der Waals surface area contributed by atoms with E-state index in [0.717, 1.165) is 66.0 Å². The number of nitrogens with zero attached hydrogens (tertiary/aromatic N) is 2. The van der Waals surface area contributed by atoms with Gasteiger partial charge in [0.25, 0.3) is 0 Å². The molecular weight excluding hydrogens is 452 g/mol. The second kappa shape index (κ2) is 7.74. The van der Waals surface area contributed by atoms with E-state index >= 15 is 0 Å². The highest BCUT2D eigenvalue weighted by atomic mass is 16.3. The highest BCUT2D eigenvalue weighted by molar-refractivity contribution is 6.23. The zero-order valence-corrected chi connectivity index (χ0v) is 19.8. The first-order valence-corrected chi connectivity index (χ1v) is 12.4. The lowest BCUT2D eigenvalue weighted by Gasteiger charge is -2.11. The zero-order chi connectivity index (χ0) is 24.3. The smallest absolute Gasteiger partial charge is 0.143 e. The Morgan fingerprint density at radius 2 is 1.08 bits per heavy atom. The van der Waals surface area contributed by atoms with Crippen LogP contribution in [0.2, 0.25) is 0 Å². The molecule has 6 aromatic carbocycles. The van der Waals surface area contributed by atoms with Gasteiger partial charge in [-0.1, -0.05) is 91.0 Å². The van der Waals surface area contributed by atoms with Crippen molar-refractivity contribution in [1.29, 1.82) is 0 Å². The molecule has 0 saturated heterocycles. The van der Waals surface area contributed by atoms with Gasteiger partial charge in [-0.05, 0) is 45.7 Å². The van der Waals surface area contributed by atoms with Gasteiger partial charge in [-0.3, -0.25) is 9.97 Å². The van der Waals surface area contributed by atoms with Crippen molar-refractivity contribution in [2.24, 2.45) is 0 Å². The number of benzene rings is 6. The predicted molar refractivity (Wildman–Crippen MR) is 153 cm³/mol. The molecule has 0 fully saturated rings. The molecule has 37 heavy (non-hydrogen) atoms. The summed E-state index contributed by atoms with van der Waals surface area (Å²) in [5, 5.41) is 6.92. The first-order chi connectivity index (χ1) is 18.3. The van der Waals surface area contributed by atoms with Crippen molar-refractivity contribution in [3.63, 3.8) is 0 Å². The third kappa shape index (κ3) is 3.01. The van der Waals surface area contributed by atoms with Crippen molar-refractivity contribution in [1.82, 2.24) is 9.97 Å². The molecule has 0 radical (unpaired) electrons. The van der Waals surface area contributed by atoms with Crippen molar-refractivity contribution in [2.45, 2.75) is 0 Å². The molecule has 0 saturated carbocycles. The molecule has 8 rings (SSSR count). The van der Waals surface area contributed by atoms with Gasteiger partial charge in [-0.25, -0.2) is 0 Å². The summed E-state index contributed by atoms with van der Waals surface area (Å²) in [5.74, 6) is 0.